The Morgan fingerprint density at radius 2 is 1.71 bits per heavy atom. The number of Topliss-reactive ketones (excluding diaryl/α,β-unsaturated/α-hetero) is 1. The summed E-state index contributed by atoms with van der Waals surface area (Å²) in [5, 5.41) is 11.5. The van der Waals surface area contributed by atoms with E-state index in [9.17, 15) is 19.5 Å². The van der Waals surface area contributed by atoms with Gasteiger partial charge in [-0.25, -0.2) is 4.79 Å². The third-order valence-corrected chi connectivity index (χ3v) is 5.85. The van der Waals surface area contributed by atoms with Crippen LogP contribution in [0.15, 0.2) is 64.8 Å². The molecule has 1 amide bonds. The molecule has 1 aliphatic heterocycles. The third-order valence-electron chi connectivity index (χ3n) is 5.55. The number of methoxy groups -OCH3 is 3. The summed E-state index contributed by atoms with van der Waals surface area (Å²) in [6, 6.07) is 10.8. The lowest BCUT2D eigenvalue weighted by molar-refractivity contribution is -0.132. The number of ketones is 1. The number of ether oxygens (including phenoxy) is 3. The van der Waals surface area contributed by atoms with Crippen molar-refractivity contribution in [2.24, 2.45) is 0 Å². The van der Waals surface area contributed by atoms with Gasteiger partial charge in [-0.1, -0.05) is 11.6 Å². The van der Waals surface area contributed by atoms with Crippen molar-refractivity contribution in [3.05, 3.63) is 82.3 Å². The number of anilines is 1. The van der Waals surface area contributed by atoms with E-state index in [2.05, 4.69) is 0 Å². The normalized spacial score (nSPS) is 16.9. The summed E-state index contributed by atoms with van der Waals surface area (Å²) in [7, 11) is 4.06. The average molecular weight is 498 g/mol. The molecule has 1 unspecified atom stereocenters. The molecular weight excluding hydrogens is 478 g/mol. The number of esters is 1. The first-order valence-electron chi connectivity index (χ1n) is 10.3. The van der Waals surface area contributed by atoms with E-state index in [-0.39, 0.29) is 33.2 Å². The summed E-state index contributed by atoms with van der Waals surface area (Å²) in [4.78, 5) is 39.4. The van der Waals surface area contributed by atoms with Crippen LogP contribution in [0.1, 0.15) is 27.7 Å². The molecule has 0 radical (unpaired) electrons. The number of nitrogens with zero attached hydrogens (tertiary/aromatic N) is 1. The minimum atomic E-state index is -1.10. The molecule has 1 fully saturated rings. The van der Waals surface area contributed by atoms with E-state index in [0.29, 0.717) is 11.4 Å². The highest BCUT2D eigenvalue weighted by Gasteiger charge is 2.48. The fraction of sp³-hybridized carbons (Fsp3) is 0.160. The number of benzene rings is 2. The van der Waals surface area contributed by atoms with E-state index in [1.807, 2.05) is 0 Å². The summed E-state index contributed by atoms with van der Waals surface area (Å²) < 4.78 is 20.8. The molecule has 0 aliphatic carbocycles. The van der Waals surface area contributed by atoms with Gasteiger partial charge >= 0.3 is 5.97 Å². The van der Waals surface area contributed by atoms with Crippen LogP contribution in [-0.4, -0.2) is 44.1 Å². The maximum atomic E-state index is 13.2. The fourth-order valence-electron chi connectivity index (χ4n) is 3.88. The molecule has 9 nitrogen and oxygen atoms in total. The second-order valence-electron chi connectivity index (χ2n) is 7.41. The number of rotatable bonds is 6. The summed E-state index contributed by atoms with van der Waals surface area (Å²) in [5.74, 6) is -2.16. The number of halogens is 1. The molecule has 3 aromatic rings. The average Bonchev–Trinajstić information content (AvgIpc) is 3.50. The van der Waals surface area contributed by atoms with E-state index in [0.717, 1.165) is 0 Å². The van der Waals surface area contributed by atoms with E-state index >= 15 is 0 Å². The topological polar surface area (TPSA) is 116 Å². The van der Waals surface area contributed by atoms with Crippen molar-refractivity contribution in [2.45, 2.75) is 6.04 Å². The van der Waals surface area contributed by atoms with Crippen LogP contribution in [0.3, 0.4) is 0 Å². The van der Waals surface area contributed by atoms with E-state index in [1.165, 1.54) is 68.9 Å². The lowest BCUT2D eigenvalue weighted by atomic mass is 9.98. The van der Waals surface area contributed by atoms with Gasteiger partial charge in [-0.15, -0.1) is 0 Å². The molecule has 1 aliphatic rings. The zero-order valence-corrected chi connectivity index (χ0v) is 19.7. The lowest BCUT2D eigenvalue weighted by Gasteiger charge is -2.23. The Bertz CT molecular complexity index is 1330. The Labute approximate surface area is 205 Å². The number of hydrogen-bond donors (Lipinski definition) is 1. The monoisotopic (exact) mass is 497 g/mol. The maximum absolute atomic E-state index is 13.2. The molecular formula is C25H20ClNO8. The van der Waals surface area contributed by atoms with Gasteiger partial charge in [0, 0.05) is 11.8 Å². The smallest absolute Gasteiger partial charge is 0.337 e. The molecule has 1 aromatic heterocycles. The van der Waals surface area contributed by atoms with Crippen molar-refractivity contribution in [3.8, 4) is 11.5 Å². The molecule has 1 N–H and O–H groups in total. The largest absolute Gasteiger partial charge is 0.507 e. The molecule has 0 bridgehead atoms. The van der Waals surface area contributed by atoms with Gasteiger partial charge in [0.1, 0.15) is 29.1 Å². The van der Waals surface area contributed by atoms with Gasteiger partial charge in [0.25, 0.3) is 11.7 Å². The molecule has 4 rings (SSSR count). The van der Waals surface area contributed by atoms with E-state index < -0.39 is 29.5 Å². The van der Waals surface area contributed by atoms with Crippen molar-refractivity contribution in [1.29, 1.82) is 0 Å². The molecule has 1 saturated heterocycles. The number of aliphatic hydroxyl groups excluding tert-OH is 1. The highest BCUT2D eigenvalue weighted by molar-refractivity contribution is 6.51. The molecule has 0 spiro atoms. The van der Waals surface area contributed by atoms with E-state index in [4.69, 9.17) is 30.2 Å². The number of amides is 1. The van der Waals surface area contributed by atoms with Gasteiger partial charge in [-0.3, -0.25) is 14.5 Å². The van der Waals surface area contributed by atoms with Gasteiger partial charge in [0.05, 0.1) is 49.3 Å². The number of aliphatic hydroxyl groups is 1. The minimum Gasteiger partial charge on any atom is -0.507 e. The van der Waals surface area contributed by atoms with Crippen LogP contribution in [0.5, 0.6) is 11.5 Å². The van der Waals surface area contributed by atoms with Gasteiger partial charge < -0.3 is 23.7 Å². The zero-order chi connectivity index (χ0) is 25.3. The van der Waals surface area contributed by atoms with Crippen molar-refractivity contribution in [1.82, 2.24) is 0 Å². The second kappa shape index (κ2) is 9.55. The summed E-state index contributed by atoms with van der Waals surface area (Å²) in [6.45, 7) is 0. The van der Waals surface area contributed by atoms with Crippen LogP contribution in [0.25, 0.3) is 5.76 Å². The van der Waals surface area contributed by atoms with Gasteiger partial charge in [0.15, 0.2) is 0 Å². The molecule has 10 heteroatoms. The van der Waals surface area contributed by atoms with E-state index in [1.54, 1.807) is 12.1 Å². The van der Waals surface area contributed by atoms with Crippen LogP contribution < -0.4 is 14.4 Å². The Morgan fingerprint density at radius 1 is 1.03 bits per heavy atom. The third kappa shape index (κ3) is 4.10. The molecule has 180 valence electrons. The molecule has 2 aromatic carbocycles. The highest BCUT2D eigenvalue weighted by atomic mass is 35.5. The van der Waals surface area contributed by atoms with Gasteiger partial charge in [0.2, 0.25) is 0 Å². The molecule has 35 heavy (non-hydrogen) atoms. The van der Waals surface area contributed by atoms with Crippen molar-refractivity contribution in [2.75, 3.05) is 26.2 Å². The lowest BCUT2D eigenvalue weighted by Crippen LogP contribution is -2.29. The van der Waals surface area contributed by atoms with Crippen LogP contribution >= 0.6 is 11.6 Å². The highest BCUT2D eigenvalue weighted by Crippen LogP contribution is 2.44. The van der Waals surface area contributed by atoms with Crippen molar-refractivity contribution < 1.29 is 38.1 Å². The number of carbonyl (C=O) groups excluding carboxylic acids is 3. The van der Waals surface area contributed by atoms with Crippen molar-refractivity contribution >= 4 is 40.7 Å². The van der Waals surface area contributed by atoms with Crippen molar-refractivity contribution in [3.63, 3.8) is 0 Å². The summed E-state index contributed by atoms with van der Waals surface area (Å²) >= 11 is 6.25. The quantitative estimate of drug-likeness (QED) is 0.231. The second-order valence-corrected chi connectivity index (χ2v) is 7.82. The number of hydrogen-bond acceptors (Lipinski definition) is 8. The first-order chi connectivity index (χ1) is 16.8. The first-order valence-corrected chi connectivity index (χ1v) is 10.6. The maximum Gasteiger partial charge on any atom is 0.337 e. The van der Waals surface area contributed by atoms with Crippen LogP contribution in [0, 0.1) is 0 Å². The zero-order valence-electron chi connectivity index (χ0n) is 18.9. The Morgan fingerprint density at radius 3 is 2.29 bits per heavy atom. The number of furan rings is 1. The fourth-order valence-corrected chi connectivity index (χ4v) is 4.12. The van der Waals surface area contributed by atoms with Gasteiger partial charge in [-0.05, 0) is 42.5 Å². The Balaban J connectivity index is 1.90. The van der Waals surface area contributed by atoms with Crippen LogP contribution in [0.2, 0.25) is 5.02 Å². The molecule has 1 atom stereocenters. The number of carbonyl (C=O) groups is 3. The van der Waals surface area contributed by atoms with Crippen LogP contribution in [0.4, 0.5) is 5.69 Å². The van der Waals surface area contributed by atoms with Crippen LogP contribution in [-0.2, 0) is 14.3 Å². The van der Waals surface area contributed by atoms with Gasteiger partial charge in [-0.2, -0.15) is 0 Å². The SMILES string of the molecule is COC(=O)c1ccc(N2C(=O)C(=O)/C(=C(\O)c3cc(Cl)c(OC)cc3OC)C2c2ccco2)cc1. The summed E-state index contributed by atoms with van der Waals surface area (Å²) in [6.07, 6.45) is 1.39. The minimum absolute atomic E-state index is 0.0916. The summed E-state index contributed by atoms with van der Waals surface area (Å²) in [5.41, 5.74) is 0.440. The Kier molecular flexibility index (Phi) is 6.52. The standard InChI is InChI=1S/C25H20ClNO8/c1-32-18-12-19(33-2)16(26)11-15(18)22(28)20-21(17-5-4-10-35-17)27(24(30)23(20)29)14-8-6-13(7-9-14)25(31)34-3/h4-12,21,28H,1-3H3/b22-20-. The predicted octanol–water partition coefficient (Wildman–Crippen LogP) is 4.36. The molecule has 0 saturated carbocycles. The Hall–Kier alpha value is -4.24. The molecule has 2 heterocycles. The predicted molar refractivity (Wildman–Crippen MR) is 126 cm³/mol. The first kappa shape index (κ1) is 23.9.